The van der Waals surface area contributed by atoms with E-state index in [1.54, 1.807) is 12.4 Å². The number of piperazine rings is 1. The lowest BCUT2D eigenvalue weighted by Gasteiger charge is -2.26. The lowest BCUT2D eigenvalue weighted by atomic mass is 9.97. The number of carbonyl (C=O) groups excluding carboxylic acids is 1. The minimum atomic E-state index is -0.204. The molecular weight excluding hydrogens is 350 g/mol. The Labute approximate surface area is 164 Å². The summed E-state index contributed by atoms with van der Waals surface area (Å²) in [6.45, 7) is 4.79. The van der Waals surface area contributed by atoms with Gasteiger partial charge < -0.3 is 10.3 Å². The van der Waals surface area contributed by atoms with Crippen LogP contribution in [0.2, 0.25) is 0 Å². The van der Waals surface area contributed by atoms with Crippen LogP contribution < -0.4 is 5.32 Å². The first-order chi connectivity index (χ1) is 13.8. The predicted octanol–water partition coefficient (Wildman–Crippen LogP) is 2.40. The Morgan fingerprint density at radius 1 is 1.07 bits per heavy atom. The number of aromatic nitrogens is 3. The Bertz CT molecular complexity index is 991. The van der Waals surface area contributed by atoms with Gasteiger partial charge in [0.15, 0.2) is 5.78 Å². The maximum absolute atomic E-state index is 13.1. The smallest absolute Gasteiger partial charge is 0.172 e. The number of nitrogens with one attached hydrogen (secondary N) is 2. The summed E-state index contributed by atoms with van der Waals surface area (Å²) in [7, 11) is 0. The number of H-pyrrole nitrogens is 1. The molecule has 1 unspecified atom stereocenters. The molecule has 6 heteroatoms. The van der Waals surface area contributed by atoms with Gasteiger partial charge >= 0.3 is 0 Å². The van der Waals surface area contributed by atoms with Crippen molar-refractivity contribution in [2.75, 3.05) is 26.2 Å². The maximum Gasteiger partial charge on any atom is 0.172 e. The minimum Gasteiger partial charge on any atom is -0.344 e. The lowest BCUT2D eigenvalue weighted by molar-refractivity contribution is 0.0971. The molecule has 2 N–H and O–H groups in total. The molecule has 3 heterocycles. The van der Waals surface area contributed by atoms with Crippen LogP contribution in [0.5, 0.6) is 0 Å². The zero-order valence-electron chi connectivity index (χ0n) is 15.7. The first-order valence-corrected chi connectivity index (χ1v) is 9.84. The molecule has 1 aromatic carbocycles. The highest BCUT2D eigenvalue weighted by molar-refractivity contribution is 6.05. The quantitative estimate of drug-likeness (QED) is 0.735. The standard InChI is InChI=1S/C22H23N5O/c28-22-17-4-2-1-3-16(17)13-18(22)21-20(15-5-7-23-8-6-15)25-19(26-21)14-27-11-9-24-10-12-27/h1-8,18,24H,9-14H2,(H,25,26). The molecule has 2 aromatic heterocycles. The third-order valence-electron chi connectivity index (χ3n) is 5.69. The number of nitrogens with zero attached hydrogens (tertiary/aromatic N) is 3. The van der Waals surface area contributed by atoms with E-state index in [0.717, 1.165) is 73.0 Å². The molecule has 0 bridgehead atoms. The van der Waals surface area contributed by atoms with E-state index in [0.29, 0.717) is 0 Å². The molecule has 1 aliphatic carbocycles. The van der Waals surface area contributed by atoms with E-state index in [2.05, 4.69) is 26.3 Å². The van der Waals surface area contributed by atoms with Gasteiger partial charge in [-0.05, 0) is 24.1 Å². The minimum absolute atomic E-state index is 0.184. The SMILES string of the molecule is O=C1c2ccccc2CC1c1[nH]c(CN2CCNCC2)nc1-c1ccncc1. The van der Waals surface area contributed by atoms with Gasteiger partial charge in [0.05, 0.1) is 23.9 Å². The van der Waals surface area contributed by atoms with Crippen LogP contribution in [-0.2, 0) is 13.0 Å². The summed E-state index contributed by atoms with van der Waals surface area (Å²) in [5.41, 5.74) is 4.76. The monoisotopic (exact) mass is 373 g/mol. The Kier molecular flexibility index (Phi) is 4.50. The van der Waals surface area contributed by atoms with Crippen LogP contribution in [0, 0.1) is 0 Å². The molecular formula is C22H23N5O. The Balaban J connectivity index is 1.52. The molecule has 0 spiro atoms. The fourth-order valence-electron chi connectivity index (χ4n) is 4.25. The van der Waals surface area contributed by atoms with Crippen LogP contribution in [-0.4, -0.2) is 51.8 Å². The largest absolute Gasteiger partial charge is 0.344 e. The van der Waals surface area contributed by atoms with E-state index < -0.39 is 0 Å². The zero-order chi connectivity index (χ0) is 18.9. The molecule has 1 saturated heterocycles. The van der Waals surface area contributed by atoms with E-state index in [9.17, 15) is 4.79 Å². The van der Waals surface area contributed by atoms with Crippen molar-refractivity contribution >= 4 is 5.78 Å². The summed E-state index contributed by atoms with van der Waals surface area (Å²) in [6.07, 6.45) is 4.27. The number of hydrogen-bond donors (Lipinski definition) is 2. The second-order valence-corrected chi connectivity index (χ2v) is 7.49. The Morgan fingerprint density at radius 2 is 1.86 bits per heavy atom. The molecule has 1 aliphatic heterocycles. The van der Waals surface area contributed by atoms with Gasteiger partial charge in [0, 0.05) is 49.7 Å². The highest BCUT2D eigenvalue weighted by atomic mass is 16.1. The van der Waals surface area contributed by atoms with Gasteiger partial charge in [-0.25, -0.2) is 4.98 Å². The van der Waals surface area contributed by atoms with Crippen LogP contribution in [0.15, 0.2) is 48.8 Å². The van der Waals surface area contributed by atoms with E-state index in [-0.39, 0.29) is 11.7 Å². The van der Waals surface area contributed by atoms with Gasteiger partial charge in [-0.3, -0.25) is 14.7 Å². The molecule has 5 rings (SSSR count). The van der Waals surface area contributed by atoms with E-state index in [1.165, 1.54) is 0 Å². The molecule has 0 radical (unpaired) electrons. The average molecular weight is 373 g/mol. The molecule has 1 atom stereocenters. The van der Waals surface area contributed by atoms with E-state index >= 15 is 0 Å². The molecule has 2 aliphatic rings. The Hall–Kier alpha value is -2.83. The highest BCUT2D eigenvalue weighted by Gasteiger charge is 2.35. The average Bonchev–Trinajstić information content (AvgIpc) is 3.31. The van der Waals surface area contributed by atoms with Crippen LogP contribution in [0.4, 0.5) is 0 Å². The van der Waals surface area contributed by atoms with Crippen molar-refractivity contribution in [3.8, 4) is 11.3 Å². The van der Waals surface area contributed by atoms with Crippen molar-refractivity contribution in [3.05, 3.63) is 71.4 Å². The van der Waals surface area contributed by atoms with Gasteiger partial charge in [0.25, 0.3) is 0 Å². The normalized spacial score (nSPS) is 19.7. The Morgan fingerprint density at radius 3 is 2.64 bits per heavy atom. The van der Waals surface area contributed by atoms with Crippen molar-refractivity contribution in [2.24, 2.45) is 0 Å². The fourth-order valence-corrected chi connectivity index (χ4v) is 4.25. The third kappa shape index (κ3) is 3.15. The summed E-state index contributed by atoms with van der Waals surface area (Å²) in [4.78, 5) is 28.1. The van der Waals surface area contributed by atoms with Crippen LogP contribution in [0.1, 0.15) is 33.4 Å². The van der Waals surface area contributed by atoms with Crippen molar-refractivity contribution in [2.45, 2.75) is 18.9 Å². The number of ketones is 1. The number of benzene rings is 1. The summed E-state index contributed by atoms with van der Waals surface area (Å²) in [5, 5.41) is 3.38. The number of carbonyl (C=O) groups is 1. The van der Waals surface area contributed by atoms with Crippen molar-refractivity contribution in [3.63, 3.8) is 0 Å². The van der Waals surface area contributed by atoms with Crippen molar-refractivity contribution in [1.29, 1.82) is 0 Å². The molecule has 6 nitrogen and oxygen atoms in total. The second-order valence-electron chi connectivity index (χ2n) is 7.49. The molecule has 3 aromatic rings. The van der Waals surface area contributed by atoms with E-state index in [4.69, 9.17) is 4.98 Å². The predicted molar refractivity (Wildman–Crippen MR) is 107 cm³/mol. The zero-order valence-corrected chi connectivity index (χ0v) is 15.7. The number of aromatic amines is 1. The van der Waals surface area contributed by atoms with Crippen molar-refractivity contribution in [1.82, 2.24) is 25.2 Å². The number of hydrogen-bond acceptors (Lipinski definition) is 5. The third-order valence-corrected chi connectivity index (χ3v) is 5.69. The van der Waals surface area contributed by atoms with Crippen LogP contribution in [0.3, 0.4) is 0 Å². The summed E-state index contributed by atoms with van der Waals surface area (Å²) in [6, 6.07) is 11.8. The number of pyridine rings is 1. The number of imidazole rings is 1. The first-order valence-electron chi connectivity index (χ1n) is 9.84. The molecule has 28 heavy (non-hydrogen) atoms. The summed E-state index contributed by atoms with van der Waals surface area (Å²) in [5.74, 6) is 0.903. The fraction of sp³-hybridized carbons (Fsp3) is 0.318. The molecule has 142 valence electrons. The van der Waals surface area contributed by atoms with Crippen molar-refractivity contribution < 1.29 is 4.79 Å². The molecule has 1 fully saturated rings. The number of Topliss-reactive ketones (excluding diaryl/α,β-unsaturated/α-hetero) is 1. The van der Waals surface area contributed by atoms with Gasteiger partial charge in [0.2, 0.25) is 0 Å². The lowest BCUT2D eigenvalue weighted by Crippen LogP contribution is -2.43. The topological polar surface area (TPSA) is 73.9 Å². The van der Waals surface area contributed by atoms with Gasteiger partial charge in [-0.15, -0.1) is 0 Å². The first kappa shape index (κ1) is 17.3. The molecule has 0 amide bonds. The summed E-state index contributed by atoms with van der Waals surface area (Å²) < 4.78 is 0. The maximum atomic E-state index is 13.1. The van der Waals surface area contributed by atoms with Gasteiger partial charge in [0.1, 0.15) is 5.82 Å². The van der Waals surface area contributed by atoms with Crippen LogP contribution in [0.25, 0.3) is 11.3 Å². The van der Waals surface area contributed by atoms with Crippen LogP contribution >= 0.6 is 0 Å². The number of fused-ring (bicyclic) bond motifs is 1. The highest BCUT2D eigenvalue weighted by Crippen LogP contribution is 2.37. The molecule has 0 saturated carbocycles. The van der Waals surface area contributed by atoms with Gasteiger partial charge in [-0.1, -0.05) is 24.3 Å². The number of rotatable bonds is 4. The second kappa shape index (κ2) is 7.30. The van der Waals surface area contributed by atoms with E-state index in [1.807, 2.05) is 30.3 Å². The summed E-state index contributed by atoms with van der Waals surface area (Å²) >= 11 is 0. The van der Waals surface area contributed by atoms with Gasteiger partial charge in [-0.2, -0.15) is 0 Å².